The van der Waals surface area contributed by atoms with Crippen LogP contribution in [0.15, 0.2) is 30.3 Å². The zero-order chi connectivity index (χ0) is 14.7. The van der Waals surface area contributed by atoms with Gasteiger partial charge in [-0.25, -0.2) is 0 Å². The first-order valence-electron chi connectivity index (χ1n) is 7.22. The maximum absolute atomic E-state index is 11.7. The van der Waals surface area contributed by atoms with Gasteiger partial charge in [0, 0.05) is 48.6 Å². The third-order valence-corrected chi connectivity index (χ3v) is 4.77. The maximum atomic E-state index is 11.7. The van der Waals surface area contributed by atoms with Crippen LogP contribution in [0.4, 0.5) is 0 Å². The van der Waals surface area contributed by atoms with E-state index in [-0.39, 0.29) is 5.91 Å². The molecule has 1 amide bonds. The fraction of sp³-hybridized carbons (Fsp3) is 0.375. The molecule has 2 heterocycles. The molecule has 0 atom stereocenters. The summed E-state index contributed by atoms with van der Waals surface area (Å²) in [6.07, 6.45) is 0.857. The molecule has 0 radical (unpaired) electrons. The van der Waals surface area contributed by atoms with Crippen molar-refractivity contribution in [3.63, 3.8) is 0 Å². The molecule has 0 saturated carbocycles. The number of hydrogen-bond acceptors (Lipinski definition) is 4. The van der Waals surface area contributed by atoms with Crippen LogP contribution in [0.25, 0.3) is 10.9 Å². The molecule has 4 nitrogen and oxygen atoms in total. The van der Waals surface area contributed by atoms with Gasteiger partial charge in [0.2, 0.25) is 5.91 Å². The smallest absolute Gasteiger partial charge is 0.249 e. The van der Waals surface area contributed by atoms with E-state index in [0.717, 1.165) is 42.7 Å². The first-order chi connectivity index (χ1) is 10.2. The molecule has 1 aromatic carbocycles. The Kier molecular flexibility index (Phi) is 4.41. The largest absolute Gasteiger partial charge is 0.366 e. The van der Waals surface area contributed by atoms with Crippen LogP contribution in [0.5, 0.6) is 0 Å². The average Bonchev–Trinajstić information content (AvgIpc) is 2.53. The summed E-state index contributed by atoms with van der Waals surface area (Å²) in [5.74, 6) is 2.03. The Hall–Kier alpha value is -1.59. The minimum atomic E-state index is -0.385. The zero-order valence-electron chi connectivity index (χ0n) is 11.9. The lowest BCUT2D eigenvalue weighted by Crippen LogP contribution is -2.34. The second-order valence-corrected chi connectivity index (χ2v) is 6.47. The number of benzene rings is 1. The number of rotatable bonds is 4. The summed E-state index contributed by atoms with van der Waals surface area (Å²) in [5.41, 5.74) is 7.87. The number of para-hydroxylation sites is 1. The van der Waals surface area contributed by atoms with Crippen LogP contribution in [0, 0.1) is 0 Å². The van der Waals surface area contributed by atoms with Crippen molar-refractivity contribution in [1.82, 2.24) is 9.88 Å². The third kappa shape index (κ3) is 3.36. The van der Waals surface area contributed by atoms with E-state index in [0.29, 0.717) is 5.56 Å². The molecule has 21 heavy (non-hydrogen) atoms. The Morgan fingerprint density at radius 1 is 1.29 bits per heavy atom. The monoisotopic (exact) mass is 301 g/mol. The number of carbonyl (C=O) groups excluding carboxylic acids is 1. The number of hydrogen-bond donors (Lipinski definition) is 1. The Balaban J connectivity index is 1.83. The van der Waals surface area contributed by atoms with Crippen molar-refractivity contribution in [2.24, 2.45) is 5.73 Å². The van der Waals surface area contributed by atoms with Gasteiger partial charge in [-0.2, -0.15) is 11.8 Å². The summed E-state index contributed by atoms with van der Waals surface area (Å²) in [7, 11) is 0. The van der Waals surface area contributed by atoms with Gasteiger partial charge in [-0.3, -0.25) is 9.78 Å². The molecule has 1 aromatic heterocycles. The second kappa shape index (κ2) is 6.45. The Bertz CT molecular complexity index is 653. The van der Waals surface area contributed by atoms with Gasteiger partial charge in [-0.05, 0) is 12.1 Å². The zero-order valence-corrected chi connectivity index (χ0v) is 12.7. The van der Waals surface area contributed by atoms with Crippen molar-refractivity contribution < 1.29 is 4.79 Å². The van der Waals surface area contributed by atoms with Gasteiger partial charge < -0.3 is 10.6 Å². The number of thioether (sulfide) groups is 1. The van der Waals surface area contributed by atoms with Crippen molar-refractivity contribution in [3.8, 4) is 0 Å². The van der Waals surface area contributed by atoms with Gasteiger partial charge in [0.15, 0.2) is 0 Å². The molecule has 1 fully saturated rings. The third-order valence-electron chi connectivity index (χ3n) is 3.82. The Morgan fingerprint density at radius 3 is 2.81 bits per heavy atom. The Labute approximate surface area is 128 Å². The predicted molar refractivity (Wildman–Crippen MR) is 87.7 cm³/mol. The number of pyridine rings is 1. The molecule has 1 aliphatic rings. The van der Waals surface area contributed by atoms with Crippen LogP contribution in [0.2, 0.25) is 0 Å². The van der Waals surface area contributed by atoms with Gasteiger partial charge in [-0.1, -0.05) is 18.2 Å². The standard InChI is InChI=1S/C16H19N3OS/c17-16(20)14-11-12(5-6-19-7-9-21-10-8-19)18-15-4-2-1-3-13(14)15/h1-4,11H,5-10H2,(H2,17,20). The summed E-state index contributed by atoms with van der Waals surface area (Å²) < 4.78 is 0. The highest BCUT2D eigenvalue weighted by Crippen LogP contribution is 2.19. The van der Waals surface area contributed by atoms with Gasteiger partial charge in [0.05, 0.1) is 11.1 Å². The van der Waals surface area contributed by atoms with Gasteiger partial charge in [0.25, 0.3) is 0 Å². The molecule has 0 spiro atoms. The summed E-state index contributed by atoms with van der Waals surface area (Å²) >= 11 is 2.01. The van der Waals surface area contributed by atoms with Crippen molar-refractivity contribution in [3.05, 3.63) is 41.6 Å². The molecular weight excluding hydrogens is 282 g/mol. The van der Waals surface area contributed by atoms with Gasteiger partial charge in [0.1, 0.15) is 0 Å². The predicted octanol–water partition coefficient (Wildman–Crippen LogP) is 1.92. The van der Waals surface area contributed by atoms with Crippen molar-refractivity contribution >= 4 is 28.6 Å². The van der Waals surface area contributed by atoms with E-state index in [4.69, 9.17) is 5.73 Å². The molecule has 1 aliphatic heterocycles. The average molecular weight is 301 g/mol. The van der Waals surface area contributed by atoms with Gasteiger partial charge >= 0.3 is 0 Å². The summed E-state index contributed by atoms with van der Waals surface area (Å²) in [6, 6.07) is 9.52. The molecule has 0 unspecified atom stereocenters. The minimum absolute atomic E-state index is 0.385. The molecular formula is C16H19N3OS. The molecule has 110 valence electrons. The Morgan fingerprint density at radius 2 is 2.05 bits per heavy atom. The van der Waals surface area contributed by atoms with E-state index >= 15 is 0 Å². The topological polar surface area (TPSA) is 59.2 Å². The molecule has 3 rings (SSSR count). The van der Waals surface area contributed by atoms with E-state index in [1.165, 1.54) is 11.5 Å². The maximum Gasteiger partial charge on any atom is 0.249 e. The second-order valence-electron chi connectivity index (χ2n) is 5.25. The highest BCUT2D eigenvalue weighted by atomic mass is 32.2. The number of fused-ring (bicyclic) bond motifs is 1. The summed E-state index contributed by atoms with van der Waals surface area (Å²) in [5, 5.41) is 0.836. The van der Waals surface area contributed by atoms with E-state index < -0.39 is 0 Å². The van der Waals surface area contributed by atoms with E-state index in [1.54, 1.807) is 0 Å². The lowest BCUT2D eigenvalue weighted by Gasteiger charge is -2.25. The van der Waals surface area contributed by atoms with Crippen LogP contribution in [0.1, 0.15) is 16.1 Å². The van der Waals surface area contributed by atoms with Crippen molar-refractivity contribution in [2.45, 2.75) is 6.42 Å². The minimum Gasteiger partial charge on any atom is -0.366 e. The number of nitrogens with zero attached hydrogens (tertiary/aromatic N) is 2. The van der Waals surface area contributed by atoms with Crippen LogP contribution in [-0.4, -0.2) is 46.9 Å². The first kappa shape index (κ1) is 14.4. The lowest BCUT2D eigenvalue weighted by atomic mass is 10.1. The molecule has 0 bridgehead atoms. The highest BCUT2D eigenvalue weighted by Gasteiger charge is 2.13. The normalized spacial score (nSPS) is 16.2. The van der Waals surface area contributed by atoms with Crippen molar-refractivity contribution in [2.75, 3.05) is 31.1 Å². The fourth-order valence-corrected chi connectivity index (χ4v) is 3.64. The number of amides is 1. The number of carbonyl (C=O) groups is 1. The number of nitrogens with two attached hydrogens (primary N) is 1. The van der Waals surface area contributed by atoms with Crippen LogP contribution < -0.4 is 5.73 Å². The molecule has 0 aliphatic carbocycles. The van der Waals surface area contributed by atoms with E-state index in [1.807, 2.05) is 42.1 Å². The number of primary amides is 1. The highest BCUT2D eigenvalue weighted by molar-refractivity contribution is 7.99. The van der Waals surface area contributed by atoms with Crippen LogP contribution >= 0.6 is 11.8 Å². The first-order valence-corrected chi connectivity index (χ1v) is 8.38. The van der Waals surface area contributed by atoms with E-state index in [2.05, 4.69) is 9.88 Å². The van der Waals surface area contributed by atoms with Gasteiger partial charge in [-0.15, -0.1) is 0 Å². The molecule has 2 aromatic rings. The summed E-state index contributed by atoms with van der Waals surface area (Å²) in [6.45, 7) is 3.27. The van der Waals surface area contributed by atoms with Crippen LogP contribution in [-0.2, 0) is 6.42 Å². The molecule has 1 saturated heterocycles. The fourth-order valence-electron chi connectivity index (χ4n) is 2.66. The van der Waals surface area contributed by atoms with E-state index in [9.17, 15) is 4.79 Å². The molecule has 5 heteroatoms. The SMILES string of the molecule is NC(=O)c1cc(CCN2CCSCC2)nc2ccccc12. The number of aromatic nitrogens is 1. The summed E-state index contributed by atoms with van der Waals surface area (Å²) in [4.78, 5) is 18.8. The van der Waals surface area contributed by atoms with Crippen LogP contribution in [0.3, 0.4) is 0 Å². The quantitative estimate of drug-likeness (QED) is 0.937. The molecule has 2 N–H and O–H groups in total. The lowest BCUT2D eigenvalue weighted by molar-refractivity contribution is 0.100. The van der Waals surface area contributed by atoms with Crippen molar-refractivity contribution in [1.29, 1.82) is 0 Å².